The van der Waals surface area contributed by atoms with Gasteiger partial charge in [0, 0.05) is 54.8 Å². The van der Waals surface area contributed by atoms with Crippen molar-refractivity contribution in [2.24, 2.45) is 13.0 Å². The van der Waals surface area contributed by atoms with Crippen LogP contribution in [0.15, 0.2) is 97.2 Å². The zero-order valence-electron chi connectivity index (χ0n) is 42.6. The van der Waals surface area contributed by atoms with Crippen molar-refractivity contribution in [3.05, 3.63) is 135 Å². The number of nitrogens with one attached hydrogen (secondary N) is 2. The Labute approximate surface area is 449 Å². The van der Waals surface area contributed by atoms with E-state index in [0.29, 0.717) is 59.3 Å². The summed E-state index contributed by atoms with van der Waals surface area (Å²) in [4.78, 5) is 79.1. The fourth-order valence-electron chi connectivity index (χ4n) is 10.9. The molecule has 404 valence electrons. The number of carboxylic acid groups (broad SMARTS) is 1. The Hall–Kier alpha value is -6.47. The van der Waals surface area contributed by atoms with Crippen molar-refractivity contribution >= 4 is 52.8 Å². The molecule has 76 heavy (non-hydrogen) atoms. The standard InChI is InChI=1S/C54H61Cl2N7O6.C2HF3O2/c1-35-51(65)58-46(33-68-3)52(66)59-54(29-36-11-17-40(55)18-12-36)23-8-26-62(34-54)53(67)45(44-22-16-37-9-4-5-10-43(37)44)28-50(64)63(35)31-39-13-19-41(56)27-48(39)69-42-20-14-38(15-21-42)47-30-57-49(60(47)2)32-61-24-6-7-25-61;3-2(4,5)1(6)7/h4-5,9-15,17-21,27,30,35,44-46H,6-8,16,22-26,28-29,31-34H2,1-3H3,(H,58,65)(H,59,66);(H,6,7)/t35-,44-,45-,46-,54+;/m0./s1. The van der Waals surface area contributed by atoms with Crippen LogP contribution in [-0.2, 0) is 61.7 Å². The molecule has 0 unspecified atom stereocenters. The number of aliphatic carboxylic acids is 1. The molecule has 1 aromatic heterocycles. The number of carbonyl (C=O) groups is 5. The van der Waals surface area contributed by atoms with Crippen molar-refractivity contribution in [1.29, 1.82) is 0 Å². The van der Waals surface area contributed by atoms with Gasteiger partial charge in [-0.1, -0.05) is 65.7 Å². The van der Waals surface area contributed by atoms with E-state index in [1.54, 1.807) is 25.1 Å². The average Bonchev–Trinajstić information content (AvgIpc) is 4.17. The number of piperidine rings is 1. The molecule has 0 saturated carbocycles. The van der Waals surface area contributed by atoms with Gasteiger partial charge in [0.1, 0.15) is 29.4 Å². The third kappa shape index (κ3) is 13.4. The van der Waals surface area contributed by atoms with E-state index in [4.69, 9.17) is 47.6 Å². The molecule has 3 N–H and O–H groups in total. The lowest BCUT2D eigenvalue weighted by molar-refractivity contribution is -0.192. The van der Waals surface area contributed by atoms with Gasteiger partial charge < -0.3 is 39.6 Å². The molecule has 2 bridgehead atoms. The van der Waals surface area contributed by atoms with Crippen molar-refractivity contribution in [2.45, 2.75) is 101 Å². The predicted molar refractivity (Wildman–Crippen MR) is 280 cm³/mol. The van der Waals surface area contributed by atoms with E-state index in [9.17, 15) is 22.8 Å². The van der Waals surface area contributed by atoms with Crippen LogP contribution in [0.1, 0.15) is 79.4 Å². The number of amides is 4. The van der Waals surface area contributed by atoms with Gasteiger partial charge in [0.15, 0.2) is 0 Å². The Morgan fingerprint density at radius 3 is 2.28 bits per heavy atom. The maximum absolute atomic E-state index is 15.3. The maximum Gasteiger partial charge on any atom is 0.490 e. The Morgan fingerprint density at radius 2 is 1.58 bits per heavy atom. The first-order valence-electron chi connectivity index (χ1n) is 25.4. The zero-order chi connectivity index (χ0) is 54.3. The largest absolute Gasteiger partial charge is 0.490 e. The number of ether oxygens (including phenoxy) is 2. The highest BCUT2D eigenvalue weighted by atomic mass is 35.5. The number of aromatic nitrogens is 2. The fraction of sp³-hybridized carbons (Fsp3) is 0.429. The number of halogens is 5. The lowest BCUT2D eigenvalue weighted by Gasteiger charge is -2.46. The van der Waals surface area contributed by atoms with Crippen LogP contribution in [0.4, 0.5) is 13.2 Å². The molecule has 3 saturated heterocycles. The number of alkyl halides is 3. The number of hydrogen-bond acceptors (Lipinski definition) is 9. The molecule has 0 radical (unpaired) electrons. The lowest BCUT2D eigenvalue weighted by atomic mass is 9.80. The van der Waals surface area contributed by atoms with Crippen LogP contribution in [0.25, 0.3) is 11.3 Å². The molecular weight excluding hydrogens is 1030 g/mol. The van der Waals surface area contributed by atoms with E-state index in [2.05, 4.69) is 32.2 Å². The van der Waals surface area contributed by atoms with E-state index in [1.165, 1.54) is 24.9 Å². The molecule has 5 aromatic rings. The quantitative estimate of drug-likeness (QED) is 0.110. The summed E-state index contributed by atoms with van der Waals surface area (Å²) in [5.41, 5.74) is 4.87. The Balaban J connectivity index is 0.00000102. The van der Waals surface area contributed by atoms with Crippen molar-refractivity contribution in [1.82, 2.24) is 34.9 Å². The number of nitrogens with zero attached hydrogens (tertiary/aromatic N) is 5. The monoisotopic (exact) mass is 1090 g/mol. The van der Waals surface area contributed by atoms with Crippen LogP contribution in [0.5, 0.6) is 11.5 Å². The number of carboxylic acids is 1. The number of imidazole rings is 1. The molecule has 9 rings (SSSR count). The number of fused-ring (bicyclic) bond motifs is 3. The SMILES string of the molecule is COC[C@@H]1NC(=O)[C@H](C)N(Cc2ccc(Cl)cc2Oc2ccc(-c3cnc(CN4CCCC4)n3C)cc2)C(=O)C[C@@H]([C@H]2CCc3ccccc32)C(=O)N2CCC[C@@](Cc3ccc(Cl)cc3)(C2)NC1=O.O=C(O)C(F)(F)F. The normalized spacial score (nSPS) is 22.5. The first-order chi connectivity index (χ1) is 36.3. The van der Waals surface area contributed by atoms with Gasteiger partial charge >= 0.3 is 12.1 Å². The van der Waals surface area contributed by atoms with E-state index < -0.39 is 47.5 Å². The highest BCUT2D eigenvalue weighted by Crippen LogP contribution is 2.42. The van der Waals surface area contributed by atoms with Gasteiger partial charge in [0.2, 0.25) is 23.6 Å². The van der Waals surface area contributed by atoms with E-state index in [0.717, 1.165) is 59.8 Å². The lowest BCUT2D eigenvalue weighted by Crippen LogP contribution is -2.65. The number of aryl methyl sites for hydroxylation is 1. The molecule has 15 nitrogen and oxygen atoms in total. The second-order valence-corrected chi connectivity index (χ2v) is 21.0. The molecule has 4 aromatic carbocycles. The number of carbonyl (C=O) groups excluding carboxylic acids is 4. The summed E-state index contributed by atoms with van der Waals surface area (Å²) < 4.78 is 45.9. The first-order valence-corrected chi connectivity index (χ1v) is 26.2. The van der Waals surface area contributed by atoms with Crippen molar-refractivity contribution in [3.8, 4) is 22.8 Å². The van der Waals surface area contributed by atoms with Crippen LogP contribution in [0, 0.1) is 5.92 Å². The molecule has 4 heterocycles. The highest BCUT2D eigenvalue weighted by molar-refractivity contribution is 6.31. The van der Waals surface area contributed by atoms with Crippen LogP contribution >= 0.6 is 23.2 Å². The van der Waals surface area contributed by atoms with Gasteiger partial charge in [-0.2, -0.15) is 13.2 Å². The summed E-state index contributed by atoms with van der Waals surface area (Å²) in [6.45, 7) is 5.17. The number of rotatable bonds is 12. The Morgan fingerprint density at radius 1 is 0.882 bits per heavy atom. The molecule has 4 aliphatic rings. The highest BCUT2D eigenvalue weighted by Gasteiger charge is 2.46. The van der Waals surface area contributed by atoms with E-state index in [-0.39, 0.29) is 43.8 Å². The third-order valence-corrected chi connectivity index (χ3v) is 15.4. The zero-order valence-corrected chi connectivity index (χ0v) is 44.1. The van der Waals surface area contributed by atoms with Gasteiger partial charge in [-0.25, -0.2) is 9.78 Å². The molecule has 5 atom stereocenters. The van der Waals surface area contributed by atoms with Crippen molar-refractivity contribution in [2.75, 3.05) is 39.9 Å². The number of likely N-dealkylation sites (tertiary alicyclic amines) is 1. The topological polar surface area (TPSA) is 176 Å². The first kappa shape index (κ1) is 55.8. The fourth-order valence-corrected chi connectivity index (χ4v) is 11.2. The minimum atomic E-state index is -5.08. The third-order valence-electron chi connectivity index (χ3n) is 14.9. The van der Waals surface area contributed by atoms with Gasteiger partial charge in [0.25, 0.3) is 0 Å². The molecular formula is C56H62Cl2F3N7O8. The minimum Gasteiger partial charge on any atom is -0.475 e. The summed E-state index contributed by atoms with van der Waals surface area (Å²) in [5, 5.41) is 14.4. The number of hydrogen-bond donors (Lipinski definition) is 3. The molecule has 3 aliphatic heterocycles. The molecule has 4 amide bonds. The molecule has 20 heteroatoms. The van der Waals surface area contributed by atoms with Crippen molar-refractivity contribution < 1.29 is 51.7 Å². The number of methoxy groups -OCH3 is 1. The van der Waals surface area contributed by atoms with Gasteiger partial charge in [0.05, 0.1) is 43.0 Å². The second-order valence-electron chi connectivity index (χ2n) is 20.1. The van der Waals surface area contributed by atoms with Gasteiger partial charge in [-0.05, 0) is 136 Å². The second kappa shape index (κ2) is 24.2. The van der Waals surface area contributed by atoms with Gasteiger partial charge in [-0.3, -0.25) is 24.1 Å². The molecule has 1 aliphatic carbocycles. The minimum absolute atomic E-state index is 0.0515. The summed E-state index contributed by atoms with van der Waals surface area (Å²) in [6, 6.07) is 26.4. The Kier molecular flexibility index (Phi) is 17.8. The molecule has 0 spiro atoms. The summed E-state index contributed by atoms with van der Waals surface area (Å²) >= 11 is 12.9. The smallest absolute Gasteiger partial charge is 0.475 e. The Bertz CT molecular complexity index is 2900. The van der Waals surface area contributed by atoms with Crippen molar-refractivity contribution in [3.63, 3.8) is 0 Å². The average molecular weight is 1090 g/mol. The summed E-state index contributed by atoms with van der Waals surface area (Å²) in [6.07, 6.45) is 2.25. The van der Waals surface area contributed by atoms with Crippen LogP contribution in [0.3, 0.4) is 0 Å². The maximum atomic E-state index is 15.3. The van der Waals surface area contributed by atoms with E-state index in [1.807, 2.05) is 78.8 Å². The van der Waals surface area contributed by atoms with Crippen LogP contribution in [0.2, 0.25) is 10.0 Å². The van der Waals surface area contributed by atoms with Crippen LogP contribution in [-0.4, -0.2) is 123 Å². The van der Waals surface area contributed by atoms with Crippen LogP contribution < -0.4 is 15.4 Å². The predicted octanol–water partition coefficient (Wildman–Crippen LogP) is 8.73. The summed E-state index contributed by atoms with van der Waals surface area (Å²) in [5.74, 6) is -3.26. The van der Waals surface area contributed by atoms with E-state index >= 15 is 9.59 Å². The van der Waals surface area contributed by atoms with Gasteiger partial charge in [-0.15, -0.1) is 0 Å². The number of benzene rings is 4. The molecule has 3 fully saturated rings. The summed E-state index contributed by atoms with van der Waals surface area (Å²) in [7, 11) is 3.51.